The van der Waals surface area contributed by atoms with E-state index in [2.05, 4.69) is 49.5 Å². The molecule has 1 aliphatic carbocycles. The van der Waals surface area contributed by atoms with E-state index >= 15 is 0 Å². The number of rotatable bonds is 4. The van der Waals surface area contributed by atoms with Crippen LogP contribution in [0.1, 0.15) is 56.2 Å². The van der Waals surface area contributed by atoms with Crippen molar-refractivity contribution in [1.29, 1.82) is 0 Å². The van der Waals surface area contributed by atoms with Crippen LogP contribution in [0.3, 0.4) is 0 Å². The molecule has 2 aliphatic rings. The van der Waals surface area contributed by atoms with Crippen molar-refractivity contribution in [2.24, 2.45) is 5.92 Å². The minimum absolute atomic E-state index is 0.361. The lowest BCUT2D eigenvalue weighted by Crippen LogP contribution is -2.38. The third-order valence-electron chi connectivity index (χ3n) is 4.76. The maximum Gasteiger partial charge on any atom is 0.124 e. The molecule has 114 valence electrons. The van der Waals surface area contributed by atoms with Gasteiger partial charge in [-0.15, -0.1) is 0 Å². The van der Waals surface area contributed by atoms with E-state index in [0.29, 0.717) is 18.1 Å². The van der Waals surface area contributed by atoms with Gasteiger partial charge in [-0.25, -0.2) is 0 Å². The van der Waals surface area contributed by atoms with Gasteiger partial charge in [0.2, 0.25) is 0 Å². The van der Waals surface area contributed by atoms with E-state index in [1.165, 1.54) is 36.8 Å². The molecule has 3 atom stereocenters. The Hall–Kier alpha value is -1.28. The number of hydrogen-bond acceptors (Lipinski definition) is 2. The Morgan fingerprint density at radius 1 is 1.29 bits per heavy atom. The molecule has 1 N–H and O–H groups in total. The summed E-state index contributed by atoms with van der Waals surface area (Å²) in [4.78, 5) is 0. The molecule has 2 heteroatoms. The summed E-state index contributed by atoms with van der Waals surface area (Å²) in [5.41, 5.74) is 2.67. The highest BCUT2D eigenvalue weighted by Gasteiger charge is 2.32. The molecule has 3 unspecified atom stereocenters. The van der Waals surface area contributed by atoms with Gasteiger partial charge in [-0.3, -0.25) is 0 Å². The summed E-state index contributed by atoms with van der Waals surface area (Å²) >= 11 is 0. The lowest BCUT2D eigenvalue weighted by Gasteiger charge is -2.37. The number of fused-ring (bicyclic) bond motifs is 1. The van der Waals surface area contributed by atoms with Gasteiger partial charge in [-0.05, 0) is 51.1 Å². The second kappa shape index (κ2) is 6.65. The van der Waals surface area contributed by atoms with Crippen LogP contribution in [-0.2, 0) is 0 Å². The molecular formula is C19H27NO. The molecule has 0 bridgehead atoms. The highest BCUT2D eigenvalue weighted by Crippen LogP contribution is 2.39. The summed E-state index contributed by atoms with van der Waals surface area (Å²) in [7, 11) is 0. The van der Waals surface area contributed by atoms with Crippen LogP contribution in [0.2, 0.25) is 0 Å². The van der Waals surface area contributed by atoms with Gasteiger partial charge < -0.3 is 10.1 Å². The van der Waals surface area contributed by atoms with Crippen molar-refractivity contribution in [3.05, 3.63) is 41.5 Å². The molecule has 0 spiro atoms. The Morgan fingerprint density at radius 2 is 2.19 bits per heavy atom. The van der Waals surface area contributed by atoms with Gasteiger partial charge in [-0.2, -0.15) is 0 Å². The van der Waals surface area contributed by atoms with Crippen molar-refractivity contribution in [3.63, 3.8) is 0 Å². The fourth-order valence-corrected chi connectivity index (χ4v) is 3.57. The van der Waals surface area contributed by atoms with Crippen molar-refractivity contribution in [2.75, 3.05) is 6.54 Å². The maximum atomic E-state index is 6.36. The first kappa shape index (κ1) is 14.6. The van der Waals surface area contributed by atoms with Gasteiger partial charge in [0, 0.05) is 18.0 Å². The summed E-state index contributed by atoms with van der Waals surface area (Å²) in [5.74, 6) is 1.77. The predicted octanol–water partition coefficient (Wildman–Crippen LogP) is 4.54. The first-order valence-corrected chi connectivity index (χ1v) is 8.43. The number of benzene rings is 1. The average molecular weight is 285 g/mol. The van der Waals surface area contributed by atoms with Crippen LogP contribution >= 0.6 is 0 Å². The van der Waals surface area contributed by atoms with Gasteiger partial charge in [0.05, 0.1) is 0 Å². The second-order valence-electron chi connectivity index (χ2n) is 6.48. The third-order valence-corrected chi connectivity index (χ3v) is 4.76. The fourth-order valence-electron chi connectivity index (χ4n) is 3.57. The Bertz CT molecular complexity index is 508. The smallest absolute Gasteiger partial charge is 0.124 e. The van der Waals surface area contributed by atoms with Crippen LogP contribution in [0.25, 0.3) is 0 Å². The third kappa shape index (κ3) is 3.32. The minimum Gasteiger partial charge on any atom is -0.490 e. The van der Waals surface area contributed by atoms with Crippen LogP contribution in [0, 0.1) is 12.8 Å². The summed E-state index contributed by atoms with van der Waals surface area (Å²) in [6, 6.07) is 7.07. The highest BCUT2D eigenvalue weighted by atomic mass is 16.5. The van der Waals surface area contributed by atoms with Crippen molar-refractivity contribution in [2.45, 2.75) is 58.1 Å². The van der Waals surface area contributed by atoms with Gasteiger partial charge in [0.15, 0.2) is 0 Å². The summed E-state index contributed by atoms with van der Waals surface area (Å²) < 4.78 is 6.36. The lowest BCUT2D eigenvalue weighted by atomic mass is 9.83. The van der Waals surface area contributed by atoms with Gasteiger partial charge >= 0.3 is 0 Å². The Labute approximate surface area is 128 Å². The zero-order chi connectivity index (χ0) is 14.7. The molecule has 1 aliphatic heterocycles. The van der Waals surface area contributed by atoms with Gasteiger partial charge in [0.25, 0.3) is 0 Å². The topological polar surface area (TPSA) is 21.3 Å². The molecule has 0 saturated carbocycles. The first-order valence-electron chi connectivity index (χ1n) is 8.43. The standard InChI is InChI=1S/C19H27NO/c1-3-11-20-17-13-19(15-7-5-4-6-8-15)21-18-10-9-14(2)12-16(17)18/h4-5,9-10,12,15,17,19-20H,3,6-8,11,13H2,1-2H3. The van der Waals surface area contributed by atoms with Crippen LogP contribution in [0.15, 0.2) is 30.4 Å². The normalized spacial score (nSPS) is 28.0. The van der Waals surface area contributed by atoms with Gasteiger partial charge in [0.1, 0.15) is 11.9 Å². The quantitative estimate of drug-likeness (QED) is 0.820. The van der Waals surface area contributed by atoms with Crippen LogP contribution in [-0.4, -0.2) is 12.6 Å². The summed E-state index contributed by atoms with van der Waals surface area (Å²) in [6.45, 7) is 5.47. The van der Waals surface area contributed by atoms with Crippen molar-refractivity contribution >= 4 is 0 Å². The molecule has 0 aromatic heterocycles. The maximum absolute atomic E-state index is 6.36. The Kier molecular flexibility index (Phi) is 4.64. The highest BCUT2D eigenvalue weighted by molar-refractivity contribution is 5.41. The zero-order valence-corrected chi connectivity index (χ0v) is 13.3. The number of nitrogens with one attached hydrogen (secondary N) is 1. The largest absolute Gasteiger partial charge is 0.490 e. The molecule has 1 aromatic carbocycles. The molecule has 0 amide bonds. The SMILES string of the molecule is CCCNC1CC(C2CC=CCC2)Oc2ccc(C)cc21. The van der Waals surface area contributed by atoms with Crippen molar-refractivity contribution < 1.29 is 4.74 Å². The molecule has 3 rings (SSSR count). The lowest BCUT2D eigenvalue weighted by molar-refractivity contribution is 0.0873. The minimum atomic E-state index is 0.361. The summed E-state index contributed by atoms with van der Waals surface area (Å²) in [5, 5.41) is 3.73. The molecule has 1 aromatic rings. The van der Waals surface area contributed by atoms with Gasteiger partial charge in [-0.1, -0.05) is 36.8 Å². The van der Waals surface area contributed by atoms with Crippen molar-refractivity contribution in [3.8, 4) is 5.75 Å². The molecule has 0 saturated heterocycles. The zero-order valence-electron chi connectivity index (χ0n) is 13.3. The molecular weight excluding hydrogens is 258 g/mol. The number of hydrogen-bond donors (Lipinski definition) is 1. The monoisotopic (exact) mass is 285 g/mol. The van der Waals surface area contributed by atoms with E-state index in [4.69, 9.17) is 4.74 Å². The number of allylic oxidation sites excluding steroid dienone is 2. The summed E-state index contributed by atoms with van der Waals surface area (Å²) in [6.07, 6.45) is 10.9. The number of aryl methyl sites for hydroxylation is 1. The fraction of sp³-hybridized carbons (Fsp3) is 0.579. The molecule has 0 fully saturated rings. The van der Waals surface area contributed by atoms with E-state index in [1.807, 2.05) is 0 Å². The van der Waals surface area contributed by atoms with E-state index in [0.717, 1.165) is 18.7 Å². The Balaban J connectivity index is 1.81. The molecule has 2 nitrogen and oxygen atoms in total. The molecule has 1 heterocycles. The van der Waals surface area contributed by atoms with E-state index in [-0.39, 0.29) is 0 Å². The van der Waals surface area contributed by atoms with Crippen LogP contribution < -0.4 is 10.1 Å². The number of ether oxygens (including phenoxy) is 1. The Morgan fingerprint density at radius 3 is 2.95 bits per heavy atom. The van der Waals surface area contributed by atoms with Crippen molar-refractivity contribution in [1.82, 2.24) is 5.32 Å². The second-order valence-corrected chi connectivity index (χ2v) is 6.48. The van der Waals surface area contributed by atoms with Crippen LogP contribution in [0.4, 0.5) is 0 Å². The average Bonchev–Trinajstić information content (AvgIpc) is 2.53. The molecule has 21 heavy (non-hydrogen) atoms. The van der Waals surface area contributed by atoms with Crippen LogP contribution in [0.5, 0.6) is 5.75 Å². The first-order chi connectivity index (χ1) is 10.3. The van der Waals surface area contributed by atoms with E-state index in [1.54, 1.807) is 0 Å². The van der Waals surface area contributed by atoms with E-state index < -0.39 is 0 Å². The molecule has 0 radical (unpaired) electrons. The predicted molar refractivity (Wildman–Crippen MR) is 87.7 cm³/mol. The van der Waals surface area contributed by atoms with E-state index in [9.17, 15) is 0 Å².